The van der Waals surface area contributed by atoms with Gasteiger partial charge in [0.05, 0.1) is 0 Å². The maximum absolute atomic E-state index is 12.1. The van der Waals surface area contributed by atoms with Crippen molar-refractivity contribution < 1.29 is 22.7 Å². The molecule has 1 atom stereocenters. The zero-order valence-electron chi connectivity index (χ0n) is 13.7. The molecule has 0 radical (unpaired) electrons. The standard InChI is InChI=1S/C16H23F3N2O2.ClH/c1-11(2)9-13(10-20)21-15(22)8-5-12-3-6-14(7-4-12)23-16(17,18)19;/h3-4,6-7,11,13H,5,8-10,20H2,1-2H3,(H,21,22);1H. The van der Waals surface area contributed by atoms with E-state index in [4.69, 9.17) is 5.73 Å². The maximum Gasteiger partial charge on any atom is 0.573 e. The number of benzene rings is 1. The molecule has 0 spiro atoms. The number of alkyl halides is 3. The van der Waals surface area contributed by atoms with Gasteiger partial charge in [-0.3, -0.25) is 4.79 Å². The number of hydrogen-bond donors (Lipinski definition) is 2. The Morgan fingerprint density at radius 3 is 2.29 bits per heavy atom. The van der Waals surface area contributed by atoms with E-state index < -0.39 is 6.36 Å². The first-order valence-corrected chi connectivity index (χ1v) is 7.53. The third-order valence-corrected chi connectivity index (χ3v) is 3.20. The minimum absolute atomic E-state index is 0. The van der Waals surface area contributed by atoms with Gasteiger partial charge in [0, 0.05) is 19.0 Å². The molecule has 0 saturated heterocycles. The predicted molar refractivity (Wildman–Crippen MR) is 89.1 cm³/mol. The van der Waals surface area contributed by atoms with Gasteiger partial charge in [-0.05, 0) is 36.5 Å². The van der Waals surface area contributed by atoms with E-state index in [-0.39, 0.29) is 36.5 Å². The third-order valence-electron chi connectivity index (χ3n) is 3.20. The highest BCUT2D eigenvalue weighted by Gasteiger charge is 2.30. The molecular weight excluding hydrogens is 345 g/mol. The summed E-state index contributed by atoms with van der Waals surface area (Å²) in [6, 6.07) is 5.46. The molecule has 0 aromatic heterocycles. The molecule has 1 rings (SSSR count). The molecule has 3 N–H and O–H groups in total. The van der Waals surface area contributed by atoms with Gasteiger partial charge >= 0.3 is 6.36 Å². The number of carbonyl (C=O) groups is 1. The van der Waals surface area contributed by atoms with Crippen LogP contribution in [0.15, 0.2) is 24.3 Å². The Labute approximate surface area is 146 Å². The van der Waals surface area contributed by atoms with Gasteiger partial charge in [0.1, 0.15) is 5.75 Å². The normalized spacial score (nSPS) is 12.5. The largest absolute Gasteiger partial charge is 0.573 e. The summed E-state index contributed by atoms with van der Waals surface area (Å²) in [7, 11) is 0. The molecule has 1 amide bonds. The van der Waals surface area contributed by atoms with Crippen LogP contribution in [0.25, 0.3) is 0 Å². The molecular formula is C16H24ClF3N2O2. The van der Waals surface area contributed by atoms with E-state index in [1.54, 1.807) is 0 Å². The number of hydrogen-bond acceptors (Lipinski definition) is 3. The fraction of sp³-hybridized carbons (Fsp3) is 0.562. The van der Waals surface area contributed by atoms with Crippen LogP contribution in [0.4, 0.5) is 13.2 Å². The topological polar surface area (TPSA) is 64.3 Å². The van der Waals surface area contributed by atoms with Crippen molar-refractivity contribution in [2.24, 2.45) is 11.7 Å². The summed E-state index contributed by atoms with van der Waals surface area (Å²) >= 11 is 0. The van der Waals surface area contributed by atoms with E-state index in [9.17, 15) is 18.0 Å². The summed E-state index contributed by atoms with van der Waals surface area (Å²) < 4.78 is 40.0. The van der Waals surface area contributed by atoms with Crippen LogP contribution in [0.1, 0.15) is 32.3 Å². The first kappa shape index (κ1) is 22.5. The zero-order valence-corrected chi connectivity index (χ0v) is 14.5. The van der Waals surface area contributed by atoms with E-state index in [2.05, 4.69) is 23.9 Å². The minimum Gasteiger partial charge on any atom is -0.406 e. The number of aryl methyl sites for hydroxylation is 1. The Kier molecular flexibility index (Phi) is 9.77. The lowest BCUT2D eigenvalue weighted by atomic mass is 10.0. The SMILES string of the molecule is CC(C)CC(CN)NC(=O)CCc1ccc(OC(F)(F)F)cc1.Cl. The first-order valence-electron chi connectivity index (χ1n) is 7.53. The van der Waals surface area contributed by atoms with Crippen LogP contribution in [0, 0.1) is 5.92 Å². The van der Waals surface area contributed by atoms with E-state index in [1.165, 1.54) is 24.3 Å². The number of amides is 1. The molecule has 24 heavy (non-hydrogen) atoms. The third kappa shape index (κ3) is 9.62. The molecule has 8 heteroatoms. The Morgan fingerprint density at radius 2 is 1.83 bits per heavy atom. The quantitative estimate of drug-likeness (QED) is 0.738. The average Bonchev–Trinajstić information content (AvgIpc) is 2.43. The van der Waals surface area contributed by atoms with Crippen molar-refractivity contribution in [2.45, 2.75) is 45.5 Å². The van der Waals surface area contributed by atoms with Crippen molar-refractivity contribution in [3.8, 4) is 5.75 Å². The molecule has 4 nitrogen and oxygen atoms in total. The second kappa shape index (κ2) is 10.4. The average molecular weight is 369 g/mol. The van der Waals surface area contributed by atoms with E-state index >= 15 is 0 Å². The number of halogens is 4. The van der Waals surface area contributed by atoms with Crippen molar-refractivity contribution in [3.63, 3.8) is 0 Å². The lowest BCUT2D eigenvalue weighted by molar-refractivity contribution is -0.274. The molecule has 0 aliphatic heterocycles. The van der Waals surface area contributed by atoms with Crippen LogP contribution in [-0.2, 0) is 11.2 Å². The minimum atomic E-state index is -4.70. The molecule has 0 saturated carbocycles. The van der Waals surface area contributed by atoms with Gasteiger partial charge in [0.15, 0.2) is 0 Å². The van der Waals surface area contributed by atoms with Gasteiger partial charge in [-0.2, -0.15) is 0 Å². The van der Waals surface area contributed by atoms with E-state index in [0.29, 0.717) is 18.9 Å². The number of nitrogens with two attached hydrogens (primary N) is 1. The molecule has 138 valence electrons. The van der Waals surface area contributed by atoms with Crippen molar-refractivity contribution in [3.05, 3.63) is 29.8 Å². The van der Waals surface area contributed by atoms with Crippen LogP contribution >= 0.6 is 12.4 Å². The molecule has 1 aromatic rings. The monoisotopic (exact) mass is 368 g/mol. The Morgan fingerprint density at radius 1 is 1.25 bits per heavy atom. The molecule has 1 unspecified atom stereocenters. The number of ether oxygens (including phenoxy) is 1. The fourth-order valence-corrected chi connectivity index (χ4v) is 2.20. The second-order valence-corrected chi connectivity index (χ2v) is 5.82. The Bertz CT molecular complexity index is 493. The van der Waals surface area contributed by atoms with Crippen LogP contribution in [0.5, 0.6) is 5.75 Å². The predicted octanol–water partition coefficient (Wildman–Crippen LogP) is 3.43. The summed E-state index contributed by atoms with van der Waals surface area (Å²) in [4.78, 5) is 11.9. The smallest absolute Gasteiger partial charge is 0.406 e. The molecule has 0 heterocycles. The van der Waals surface area contributed by atoms with Crippen LogP contribution in [-0.4, -0.2) is 24.9 Å². The zero-order chi connectivity index (χ0) is 17.5. The lowest BCUT2D eigenvalue weighted by Crippen LogP contribution is -2.41. The van der Waals surface area contributed by atoms with E-state index in [1.807, 2.05) is 0 Å². The highest BCUT2D eigenvalue weighted by atomic mass is 35.5. The molecule has 0 aliphatic carbocycles. The first-order chi connectivity index (χ1) is 10.7. The summed E-state index contributed by atoms with van der Waals surface area (Å²) in [5, 5.41) is 2.87. The summed E-state index contributed by atoms with van der Waals surface area (Å²) in [6.07, 6.45) is -3.19. The second-order valence-electron chi connectivity index (χ2n) is 5.82. The highest BCUT2D eigenvalue weighted by Crippen LogP contribution is 2.23. The highest BCUT2D eigenvalue weighted by molar-refractivity contribution is 5.85. The number of carbonyl (C=O) groups excluding carboxylic acids is 1. The maximum atomic E-state index is 12.1. The molecule has 0 bridgehead atoms. The van der Waals surface area contributed by atoms with Crippen LogP contribution in [0.2, 0.25) is 0 Å². The molecule has 1 aromatic carbocycles. The summed E-state index contributed by atoms with van der Waals surface area (Å²) in [6.45, 7) is 4.49. The van der Waals surface area contributed by atoms with Crippen molar-refractivity contribution in [1.29, 1.82) is 0 Å². The van der Waals surface area contributed by atoms with Crippen molar-refractivity contribution >= 4 is 18.3 Å². The van der Waals surface area contributed by atoms with Gasteiger partial charge in [-0.25, -0.2) is 0 Å². The Balaban J connectivity index is 0.00000529. The van der Waals surface area contributed by atoms with Crippen molar-refractivity contribution in [2.75, 3.05) is 6.54 Å². The van der Waals surface area contributed by atoms with Gasteiger partial charge in [-0.1, -0.05) is 26.0 Å². The lowest BCUT2D eigenvalue weighted by Gasteiger charge is -2.18. The van der Waals surface area contributed by atoms with Gasteiger partial charge in [-0.15, -0.1) is 25.6 Å². The molecule has 0 fully saturated rings. The number of rotatable bonds is 8. The fourth-order valence-electron chi connectivity index (χ4n) is 2.20. The Hall–Kier alpha value is -1.47. The summed E-state index contributed by atoms with van der Waals surface area (Å²) in [5.74, 6) is 0.0487. The van der Waals surface area contributed by atoms with E-state index in [0.717, 1.165) is 12.0 Å². The number of nitrogens with one attached hydrogen (secondary N) is 1. The van der Waals surface area contributed by atoms with Gasteiger partial charge < -0.3 is 15.8 Å². The van der Waals surface area contributed by atoms with Crippen molar-refractivity contribution in [1.82, 2.24) is 5.32 Å². The van der Waals surface area contributed by atoms with Crippen LogP contribution in [0.3, 0.4) is 0 Å². The summed E-state index contributed by atoms with van der Waals surface area (Å²) in [5.41, 5.74) is 6.39. The van der Waals surface area contributed by atoms with Crippen LogP contribution < -0.4 is 15.8 Å². The molecule has 0 aliphatic rings. The van der Waals surface area contributed by atoms with Gasteiger partial charge in [0.2, 0.25) is 5.91 Å². The van der Waals surface area contributed by atoms with Gasteiger partial charge in [0.25, 0.3) is 0 Å².